The summed E-state index contributed by atoms with van der Waals surface area (Å²) < 4.78 is 0. The fourth-order valence-electron chi connectivity index (χ4n) is 3.27. The van der Waals surface area contributed by atoms with Crippen molar-refractivity contribution >= 4 is 23.2 Å². The van der Waals surface area contributed by atoms with Crippen LogP contribution in [-0.2, 0) is 16.0 Å². The highest BCUT2D eigenvalue weighted by molar-refractivity contribution is 5.92. The van der Waals surface area contributed by atoms with E-state index in [9.17, 15) is 19.7 Å². The Bertz CT molecular complexity index is 830. The molecule has 0 aromatic heterocycles. The summed E-state index contributed by atoms with van der Waals surface area (Å²) in [4.78, 5) is 37.2. The first-order valence-electron chi connectivity index (χ1n) is 8.90. The van der Waals surface area contributed by atoms with Gasteiger partial charge in [0, 0.05) is 36.3 Å². The van der Waals surface area contributed by atoms with E-state index < -0.39 is 4.92 Å². The summed E-state index contributed by atoms with van der Waals surface area (Å²) in [6.07, 6.45) is 1.17. The van der Waals surface area contributed by atoms with Crippen molar-refractivity contribution in [2.45, 2.75) is 19.3 Å². The molecule has 0 unspecified atom stereocenters. The van der Waals surface area contributed by atoms with Crippen LogP contribution in [0, 0.1) is 16.0 Å². The van der Waals surface area contributed by atoms with Gasteiger partial charge in [-0.25, -0.2) is 0 Å². The third-order valence-electron chi connectivity index (χ3n) is 4.79. The van der Waals surface area contributed by atoms with Crippen LogP contribution in [0.1, 0.15) is 18.4 Å². The maximum absolute atomic E-state index is 12.5. The van der Waals surface area contributed by atoms with Crippen LogP contribution in [0.25, 0.3) is 0 Å². The molecule has 1 N–H and O–H groups in total. The molecule has 2 amide bonds. The van der Waals surface area contributed by atoms with Crippen molar-refractivity contribution in [2.24, 2.45) is 5.92 Å². The molecule has 0 aliphatic carbocycles. The largest absolute Gasteiger partial charge is 0.342 e. The van der Waals surface area contributed by atoms with E-state index in [0.29, 0.717) is 31.5 Å². The minimum atomic E-state index is -0.469. The van der Waals surface area contributed by atoms with Gasteiger partial charge in [0.05, 0.1) is 11.3 Å². The number of carbonyl (C=O) groups is 2. The number of carbonyl (C=O) groups excluding carboxylic acids is 2. The fourth-order valence-corrected chi connectivity index (χ4v) is 3.27. The fraction of sp³-hybridized carbons (Fsp3) is 0.300. The highest BCUT2D eigenvalue weighted by atomic mass is 16.6. The molecule has 0 atom stereocenters. The maximum Gasteiger partial charge on any atom is 0.273 e. The first-order valence-corrected chi connectivity index (χ1v) is 8.90. The Balaban J connectivity index is 1.54. The van der Waals surface area contributed by atoms with Gasteiger partial charge in [-0.05, 0) is 25.0 Å². The van der Waals surface area contributed by atoms with Gasteiger partial charge in [-0.2, -0.15) is 0 Å². The van der Waals surface area contributed by atoms with Gasteiger partial charge < -0.3 is 10.2 Å². The topological polar surface area (TPSA) is 92.6 Å². The molecule has 0 radical (unpaired) electrons. The molecular formula is C20H21N3O4. The average Bonchev–Trinajstić information content (AvgIpc) is 2.69. The number of benzene rings is 2. The Morgan fingerprint density at radius 1 is 1.04 bits per heavy atom. The van der Waals surface area contributed by atoms with Crippen LogP contribution in [0.5, 0.6) is 0 Å². The van der Waals surface area contributed by atoms with Gasteiger partial charge in [-0.1, -0.05) is 36.4 Å². The lowest BCUT2D eigenvalue weighted by Gasteiger charge is -2.31. The van der Waals surface area contributed by atoms with Gasteiger partial charge in [-0.3, -0.25) is 19.7 Å². The summed E-state index contributed by atoms with van der Waals surface area (Å²) in [6.45, 7) is 0.957. The number of anilines is 1. The number of likely N-dealkylation sites (tertiary alicyclic amines) is 1. The number of amides is 2. The van der Waals surface area contributed by atoms with Gasteiger partial charge in [0.2, 0.25) is 11.8 Å². The number of nitrogens with zero attached hydrogens (tertiary/aromatic N) is 2. The van der Waals surface area contributed by atoms with E-state index in [1.807, 2.05) is 30.3 Å². The van der Waals surface area contributed by atoms with Gasteiger partial charge in [0.25, 0.3) is 5.69 Å². The third-order valence-corrected chi connectivity index (χ3v) is 4.79. The molecule has 2 aromatic rings. The minimum Gasteiger partial charge on any atom is -0.342 e. The van der Waals surface area contributed by atoms with Crippen LogP contribution in [0.2, 0.25) is 0 Å². The Hall–Kier alpha value is -3.22. The second-order valence-corrected chi connectivity index (χ2v) is 6.57. The second-order valence-electron chi connectivity index (χ2n) is 6.57. The third kappa shape index (κ3) is 4.69. The zero-order valence-corrected chi connectivity index (χ0v) is 14.8. The first kappa shape index (κ1) is 18.6. The molecule has 2 aromatic carbocycles. The second kappa shape index (κ2) is 8.44. The lowest BCUT2D eigenvalue weighted by atomic mass is 9.95. The van der Waals surface area contributed by atoms with Gasteiger partial charge >= 0.3 is 0 Å². The lowest BCUT2D eigenvalue weighted by Crippen LogP contribution is -2.42. The van der Waals surface area contributed by atoms with E-state index in [0.717, 1.165) is 5.69 Å². The molecule has 1 saturated heterocycles. The van der Waals surface area contributed by atoms with E-state index in [-0.39, 0.29) is 29.8 Å². The summed E-state index contributed by atoms with van der Waals surface area (Å²) in [6, 6.07) is 15.6. The normalized spacial score (nSPS) is 14.6. The van der Waals surface area contributed by atoms with Crippen molar-refractivity contribution in [1.29, 1.82) is 0 Å². The van der Waals surface area contributed by atoms with Gasteiger partial charge in [0.15, 0.2) is 0 Å². The number of nitrogens with one attached hydrogen (secondary N) is 1. The zero-order valence-electron chi connectivity index (χ0n) is 14.8. The molecule has 7 heteroatoms. The smallest absolute Gasteiger partial charge is 0.273 e. The highest BCUT2D eigenvalue weighted by Gasteiger charge is 2.28. The summed E-state index contributed by atoms with van der Waals surface area (Å²) in [5.74, 6) is -0.321. The van der Waals surface area contributed by atoms with Gasteiger partial charge in [0.1, 0.15) is 0 Å². The van der Waals surface area contributed by atoms with Crippen LogP contribution >= 0.6 is 0 Å². The summed E-state index contributed by atoms with van der Waals surface area (Å²) in [7, 11) is 0. The van der Waals surface area contributed by atoms with Crippen molar-refractivity contribution in [3.63, 3.8) is 0 Å². The van der Waals surface area contributed by atoms with E-state index in [1.165, 1.54) is 6.07 Å². The standard InChI is InChI=1S/C20H21N3O4/c24-19(14-16-6-4-5-9-18(16)23(26)27)22-12-10-15(11-13-22)20(25)21-17-7-2-1-3-8-17/h1-9,15H,10-14H2,(H,21,25). The van der Waals surface area contributed by atoms with Crippen LogP contribution in [0.4, 0.5) is 11.4 Å². The molecule has 1 heterocycles. The van der Waals surface area contributed by atoms with Gasteiger partial charge in [-0.15, -0.1) is 0 Å². The number of para-hydroxylation sites is 2. The summed E-state index contributed by atoms with van der Waals surface area (Å²) in [5, 5.41) is 14.0. The first-order chi connectivity index (χ1) is 13.0. The predicted octanol–water partition coefficient (Wildman–Crippen LogP) is 3.01. The number of hydrogen-bond donors (Lipinski definition) is 1. The molecule has 1 aliphatic rings. The Morgan fingerprint density at radius 3 is 2.33 bits per heavy atom. The van der Waals surface area contributed by atoms with Crippen LogP contribution in [0.3, 0.4) is 0 Å². The van der Waals surface area contributed by atoms with Crippen molar-refractivity contribution < 1.29 is 14.5 Å². The predicted molar refractivity (Wildman–Crippen MR) is 101 cm³/mol. The molecule has 7 nitrogen and oxygen atoms in total. The molecule has 0 saturated carbocycles. The molecule has 27 heavy (non-hydrogen) atoms. The molecule has 1 fully saturated rings. The van der Waals surface area contributed by atoms with E-state index in [1.54, 1.807) is 23.1 Å². The molecule has 1 aliphatic heterocycles. The molecule has 0 spiro atoms. The minimum absolute atomic E-state index is 0.00195. The molecule has 140 valence electrons. The van der Waals surface area contributed by atoms with Crippen molar-refractivity contribution in [3.8, 4) is 0 Å². The number of hydrogen-bond acceptors (Lipinski definition) is 4. The quantitative estimate of drug-likeness (QED) is 0.649. The van der Waals surface area contributed by atoms with E-state index in [4.69, 9.17) is 0 Å². The SMILES string of the molecule is O=C(Nc1ccccc1)C1CCN(C(=O)Cc2ccccc2[N+](=O)[O-])CC1. The number of nitro groups is 1. The Morgan fingerprint density at radius 2 is 1.67 bits per heavy atom. The zero-order chi connectivity index (χ0) is 19.2. The molecular weight excluding hydrogens is 346 g/mol. The number of rotatable bonds is 5. The number of piperidine rings is 1. The average molecular weight is 367 g/mol. The Labute approximate surface area is 157 Å². The van der Waals surface area contributed by atoms with Crippen LogP contribution in [0.15, 0.2) is 54.6 Å². The molecule has 0 bridgehead atoms. The number of nitro benzene ring substituents is 1. The molecule has 3 rings (SSSR count). The van der Waals surface area contributed by atoms with Crippen LogP contribution < -0.4 is 5.32 Å². The highest BCUT2D eigenvalue weighted by Crippen LogP contribution is 2.22. The van der Waals surface area contributed by atoms with E-state index in [2.05, 4.69) is 5.32 Å². The monoisotopic (exact) mass is 367 g/mol. The summed E-state index contributed by atoms with van der Waals surface area (Å²) in [5.41, 5.74) is 1.14. The van der Waals surface area contributed by atoms with Crippen molar-refractivity contribution in [3.05, 3.63) is 70.3 Å². The van der Waals surface area contributed by atoms with Crippen molar-refractivity contribution in [2.75, 3.05) is 18.4 Å². The van der Waals surface area contributed by atoms with Crippen molar-refractivity contribution in [1.82, 2.24) is 4.90 Å². The maximum atomic E-state index is 12.5. The van der Waals surface area contributed by atoms with E-state index >= 15 is 0 Å². The summed E-state index contributed by atoms with van der Waals surface area (Å²) >= 11 is 0. The van der Waals surface area contributed by atoms with Crippen LogP contribution in [-0.4, -0.2) is 34.7 Å². The lowest BCUT2D eigenvalue weighted by molar-refractivity contribution is -0.385. The Kier molecular flexibility index (Phi) is 5.80.